The number of hydrogen-bond acceptors (Lipinski definition) is 1. The summed E-state index contributed by atoms with van der Waals surface area (Å²) in [6.07, 6.45) is 2.36. The van der Waals surface area contributed by atoms with Crippen LogP contribution < -0.4 is 5.32 Å². The Morgan fingerprint density at radius 1 is 1.35 bits per heavy atom. The van der Waals surface area contributed by atoms with Crippen LogP contribution >= 0.6 is 27.5 Å². The molecule has 0 aromatic heterocycles. The number of rotatable bonds is 4. The Morgan fingerprint density at radius 2 is 2.00 bits per heavy atom. The second-order valence-corrected chi connectivity index (χ2v) is 6.95. The first-order chi connectivity index (χ1) is 7.79. The molecule has 0 aliphatic rings. The Balaban J connectivity index is 2.56. The first-order valence-electron chi connectivity index (χ1n) is 6.00. The van der Waals surface area contributed by atoms with Crippen LogP contribution in [0.1, 0.15) is 40.5 Å². The summed E-state index contributed by atoms with van der Waals surface area (Å²) in [6, 6.07) is 6.34. The van der Waals surface area contributed by atoms with Crippen LogP contribution in [-0.4, -0.2) is 6.04 Å². The molecule has 0 aliphatic carbocycles. The molecule has 1 nitrogen and oxygen atoms in total. The zero-order valence-corrected chi connectivity index (χ0v) is 13.3. The van der Waals surface area contributed by atoms with Gasteiger partial charge in [-0.25, -0.2) is 0 Å². The number of halogens is 2. The fraction of sp³-hybridized carbons (Fsp3) is 0.571. The van der Waals surface area contributed by atoms with E-state index in [9.17, 15) is 0 Å². The average molecular weight is 319 g/mol. The Morgan fingerprint density at radius 3 is 2.59 bits per heavy atom. The molecule has 1 aromatic rings. The molecule has 0 heterocycles. The third kappa shape index (κ3) is 5.31. The topological polar surface area (TPSA) is 12.0 Å². The normalized spacial score (nSPS) is 13.5. The van der Waals surface area contributed by atoms with Gasteiger partial charge in [0.15, 0.2) is 0 Å². The number of hydrogen-bond donors (Lipinski definition) is 1. The molecule has 0 fully saturated rings. The van der Waals surface area contributed by atoms with Crippen molar-refractivity contribution in [2.24, 2.45) is 5.41 Å². The van der Waals surface area contributed by atoms with E-state index in [-0.39, 0.29) is 0 Å². The maximum Gasteiger partial charge on any atom is 0.0593 e. The van der Waals surface area contributed by atoms with Gasteiger partial charge in [-0.05, 0) is 53.2 Å². The fourth-order valence-corrected chi connectivity index (χ4v) is 2.16. The quantitative estimate of drug-likeness (QED) is 0.747. The number of anilines is 1. The van der Waals surface area contributed by atoms with E-state index in [1.54, 1.807) is 0 Å². The summed E-state index contributed by atoms with van der Waals surface area (Å²) < 4.78 is 0.948. The van der Waals surface area contributed by atoms with Gasteiger partial charge in [-0.2, -0.15) is 0 Å². The predicted molar refractivity (Wildman–Crippen MR) is 80.9 cm³/mol. The van der Waals surface area contributed by atoms with E-state index < -0.39 is 0 Å². The van der Waals surface area contributed by atoms with Gasteiger partial charge < -0.3 is 5.32 Å². The smallest absolute Gasteiger partial charge is 0.0593 e. The van der Waals surface area contributed by atoms with Crippen LogP contribution in [0.15, 0.2) is 22.7 Å². The minimum Gasteiger partial charge on any atom is -0.382 e. The van der Waals surface area contributed by atoms with E-state index in [2.05, 4.69) is 48.9 Å². The summed E-state index contributed by atoms with van der Waals surface area (Å²) in [5, 5.41) is 4.24. The van der Waals surface area contributed by atoms with E-state index in [0.717, 1.165) is 21.6 Å². The highest BCUT2D eigenvalue weighted by atomic mass is 79.9. The second kappa shape index (κ2) is 6.10. The van der Waals surface area contributed by atoms with Gasteiger partial charge in [-0.15, -0.1) is 0 Å². The Kier molecular flexibility index (Phi) is 5.33. The van der Waals surface area contributed by atoms with Gasteiger partial charge in [-0.1, -0.05) is 38.4 Å². The zero-order valence-electron chi connectivity index (χ0n) is 11.0. The average Bonchev–Trinajstić information content (AvgIpc) is 2.21. The monoisotopic (exact) mass is 317 g/mol. The van der Waals surface area contributed by atoms with Crippen molar-refractivity contribution in [1.29, 1.82) is 0 Å². The largest absolute Gasteiger partial charge is 0.382 e. The van der Waals surface area contributed by atoms with Gasteiger partial charge >= 0.3 is 0 Å². The molecule has 1 rings (SSSR count). The molecule has 0 radical (unpaired) electrons. The summed E-state index contributed by atoms with van der Waals surface area (Å²) in [6.45, 7) is 9.03. The van der Waals surface area contributed by atoms with E-state index >= 15 is 0 Å². The van der Waals surface area contributed by atoms with Crippen molar-refractivity contribution in [3.63, 3.8) is 0 Å². The molecule has 0 amide bonds. The maximum absolute atomic E-state index is 6.06. The highest BCUT2D eigenvalue weighted by molar-refractivity contribution is 9.10. The van der Waals surface area contributed by atoms with Gasteiger partial charge in [0.1, 0.15) is 0 Å². The van der Waals surface area contributed by atoms with Crippen LogP contribution in [0.5, 0.6) is 0 Å². The minimum atomic E-state index is 0.390. The van der Waals surface area contributed by atoms with Crippen molar-refractivity contribution < 1.29 is 0 Å². The minimum absolute atomic E-state index is 0.390. The maximum atomic E-state index is 6.06. The lowest BCUT2D eigenvalue weighted by atomic mass is 9.89. The Labute approximate surface area is 118 Å². The van der Waals surface area contributed by atoms with Gasteiger partial charge in [0.2, 0.25) is 0 Å². The molecule has 0 saturated carbocycles. The molecule has 1 N–H and O–H groups in total. The molecule has 96 valence electrons. The van der Waals surface area contributed by atoms with Crippen molar-refractivity contribution >= 4 is 33.2 Å². The van der Waals surface area contributed by atoms with Gasteiger partial charge in [0.25, 0.3) is 0 Å². The molecule has 0 aliphatic heterocycles. The highest BCUT2D eigenvalue weighted by Gasteiger charge is 2.13. The van der Waals surface area contributed by atoms with Crippen molar-refractivity contribution in [1.82, 2.24) is 0 Å². The first kappa shape index (κ1) is 14.8. The molecule has 0 spiro atoms. The standard InChI is InChI=1S/C14H21BrClN/c1-10(8-9-14(2,3)4)17-12-7-5-6-11(16)13(12)15/h5-7,10,17H,8-9H2,1-4H3. The molecule has 0 saturated heterocycles. The van der Waals surface area contributed by atoms with Crippen LogP contribution in [0.3, 0.4) is 0 Å². The van der Waals surface area contributed by atoms with E-state index in [4.69, 9.17) is 11.6 Å². The van der Waals surface area contributed by atoms with Crippen LogP contribution in [0.4, 0.5) is 5.69 Å². The third-order valence-corrected chi connectivity index (χ3v) is 4.08. The summed E-state index contributed by atoms with van der Waals surface area (Å²) in [7, 11) is 0. The predicted octanol–water partition coefficient (Wildman–Crippen LogP) is 5.73. The molecule has 0 bridgehead atoms. The second-order valence-electron chi connectivity index (χ2n) is 5.75. The zero-order chi connectivity index (χ0) is 13.1. The van der Waals surface area contributed by atoms with Crippen molar-refractivity contribution in [2.45, 2.75) is 46.6 Å². The molecular weight excluding hydrogens is 298 g/mol. The first-order valence-corrected chi connectivity index (χ1v) is 7.17. The van der Waals surface area contributed by atoms with E-state index in [1.807, 2.05) is 18.2 Å². The van der Waals surface area contributed by atoms with Gasteiger partial charge in [0, 0.05) is 6.04 Å². The van der Waals surface area contributed by atoms with Crippen molar-refractivity contribution in [2.75, 3.05) is 5.32 Å². The Bertz CT molecular complexity index is 371. The van der Waals surface area contributed by atoms with Crippen LogP contribution in [0, 0.1) is 5.41 Å². The van der Waals surface area contributed by atoms with Gasteiger partial charge in [0.05, 0.1) is 15.2 Å². The Hall–Kier alpha value is -0.210. The molecule has 1 unspecified atom stereocenters. The lowest BCUT2D eigenvalue weighted by Crippen LogP contribution is -2.18. The number of nitrogens with one attached hydrogen (secondary N) is 1. The molecule has 3 heteroatoms. The SMILES string of the molecule is CC(CCC(C)(C)C)Nc1cccc(Cl)c1Br. The lowest BCUT2D eigenvalue weighted by molar-refractivity contribution is 0.357. The number of benzene rings is 1. The molecule has 17 heavy (non-hydrogen) atoms. The van der Waals surface area contributed by atoms with Crippen LogP contribution in [-0.2, 0) is 0 Å². The molecule has 1 aromatic carbocycles. The van der Waals surface area contributed by atoms with E-state index in [1.165, 1.54) is 6.42 Å². The fourth-order valence-electron chi connectivity index (χ4n) is 1.60. The molecular formula is C14H21BrClN. The molecule has 1 atom stereocenters. The van der Waals surface area contributed by atoms with Crippen molar-refractivity contribution in [3.8, 4) is 0 Å². The van der Waals surface area contributed by atoms with Crippen LogP contribution in [0.2, 0.25) is 5.02 Å². The summed E-state index contributed by atoms with van der Waals surface area (Å²) in [5.41, 5.74) is 1.46. The summed E-state index contributed by atoms with van der Waals surface area (Å²) in [4.78, 5) is 0. The summed E-state index contributed by atoms with van der Waals surface area (Å²) >= 11 is 9.56. The summed E-state index contributed by atoms with van der Waals surface area (Å²) in [5.74, 6) is 0. The van der Waals surface area contributed by atoms with Crippen molar-refractivity contribution in [3.05, 3.63) is 27.7 Å². The lowest BCUT2D eigenvalue weighted by Gasteiger charge is -2.22. The van der Waals surface area contributed by atoms with E-state index in [0.29, 0.717) is 11.5 Å². The van der Waals surface area contributed by atoms with Gasteiger partial charge in [-0.3, -0.25) is 0 Å². The highest BCUT2D eigenvalue weighted by Crippen LogP contribution is 2.31. The van der Waals surface area contributed by atoms with Crippen LogP contribution in [0.25, 0.3) is 0 Å². The third-order valence-electron chi connectivity index (χ3n) is 2.68.